The van der Waals surface area contributed by atoms with Crippen LogP contribution in [0.3, 0.4) is 0 Å². The van der Waals surface area contributed by atoms with E-state index in [-0.39, 0.29) is 5.56 Å². The van der Waals surface area contributed by atoms with Crippen molar-refractivity contribution in [3.63, 3.8) is 0 Å². The second-order valence-electron chi connectivity index (χ2n) is 3.03. The number of carbonyl (C=O) groups excluding carboxylic acids is 1. The summed E-state index contributed by atoms with van der Waals surface area (Å²) in [5.41, 5.74) is -0.247. The molecule has 0 aliphatic heterocycles. The maximum absolute atomic E-state index is 13.4. The van der Waals surface area contributed by atoms with Crippen molar-refractivity contribution in [3.8, 4) is 0 Å². The molecule has 0 aliphatic carbocycles. The number of carbonyl (C=O) groups is 1. The molecular weight excluding hydrogens is 298 g/mol. The maximum Gasteiger partial charge on any atom is 0.207 e. The maximum atomic E-state index is 13.4. The molecular formula is C11H5BrF2OS. The first-order valence-electron chi connectivity index (χ1n) is 4.33. The van der Waals surface area contributed by atoms with Crippen molar-refractivity contribution >= 4 is 33.0 Å². The normalized spacial score (nSPS) is 10.4. The third-order valence-electron chi connectivity index (χ3n) is 2.02. The molecule has 0 spiro atoms. The fourth-order valence-corrected chi connectivity index (χ4v) is 2.76. The summed E-state index contributed by atoms with van der Waals surface area (Å²) in [6.45, 7) is 0. The van der Waals surface area contributed by atoms with Crippen LogP contribution in [0.1, 0.15) is 15.2 Å². The van der Waals surface area contributed by atoms with Crippen molar-refractivity contribution in [1.29, 1.82) is 0 Å². The van der Waals surface area contributed by atoms with Crippen molar-refractivity contribution < 1.29 is 13.6 Å². The zero-order valence-electron chi connectivity index (χ0n) is 7.84. The Bertz CT molecular complexity index is 551. The topological polar surface area (TPSA) is 17.1 Å². The van der Waals surface area contributed by atoms with Gasteiger partial charge < -0.3 is 0 Å². The first-order chi connectivity index (χ1) is 7.61. The van der Waals surface area contributed by atoms with Crippen molar-refractivity contribution in [2.45, 2.75) is 0 Å². The van der Waals surface area contributed by atoms with E-state index in [1.807, 2.05) is 0 Å². The van der Waals surface area contributed by atoms with Gasteiger partial charge in [0.1, 0.15) is 0 Å². The predicted octanol–water partition coefficient (Wildman–Crippen LogP) is 4.02. The van der Waals surface area contributed by atoms with Crippen molar-refractivity contribution in [3.05, 3.63) is 56.2 Å². The summed E-state index contributed by atoms with van der Waals surface area (Å²) in [7, 11) is 0. The highest BCUT2D eigenvalue weighted by Gasteiger charge is 2.19. The molecule has 0 aliphatic rings. The van der Waals surface area contributed by atoms with Gasteiger partial charge in [0.15, 0.2) is 11.6 Å². The van der Waals surface area contributed by atoms with Gasteiger partial charge in [-0.2, -0.15) is 0 Å². The zero-order chi connectivity index (χ0) is 11.7. The number of thiophene rings is 1. The van der Waals surface area contributed by atoms with Crippen LogP contribution in [0.15, 0.2) is 34.1 Å². The summed E-state index contributed by atoms with van der Waals surface area (Å²) in [6.07, 6.45) is 0. The van der Waals surface area contributed by atoms with Gasteiger partial charge >= 0.3 is 0 Å². The minimum Gasteiger partial charge on any atom is -0.288 e. The molecule has 0 saturated carbocycles. The van der Waals surface area contributed by atoms with E-state index < -0.39 is 17.4 Å². The lowest BCUT2D eigenvalue weighted by molar-refractivity contribution is 0.103. The van der Waals surface area contributed by atoms with Gasteiger partial charge in [-0.1, -0.05) is 6.07 Å². The average Bonchev–Trinajstić information content (AvgIpc) is 2.68. The monoisotopic (exact) mass is 302 g/mol. The number of rotatable bonds is 2. The minimum absolute atomic E-state index is 0.247. The molecule has 0 unspecified atom stereocenters. The molecule has 5 heteroatoms. The molecule has 0 radical (unpaired) electrons. The van der Waals surface area contributed by atoms with Crippen LogP contribution in [0.2, 0.25) is 0 Å². The second kappa shape index (κ2) is 4.43. The average molecular weight is 303 g/mol. The molecule has 1 aromatic heterocycles. The van der Waals surface area contributed by atoms with E-state index in [0.29, 0.717) is 9.35 Å². The molecule has 0 atom stereocenters. The lowest BCUT2D eigenvalue weighted by atomic mass is 10.1. The number of hydrogen-bond donors (Lipinski definition) is 0. The molecule has 82 valence electrons. The van der Waals surface area contributed by atoms with Crippen molar-refractivity contribution in [1.82, 2.24) is 0 Å². The van der Waals surface area contributed by atoms with E-state index in [4.69, 9.17) is 0 Å². The molecule has 2 aromatic rings. The fraction of sp³-hybridized carbons (Fsp3) is 0. The summed E-state index contributed by atoms with van der Waals surface area (Å²) in [5, 5.41) is 1.70. The third kappa shape index (κ3) is 1.92. The molecule has 1 aromatic carbocycles. The van der Waals surface area contributed by atoms with Gasteiger partial charge in [-0.25, -0.2) is 8.78 Å². The summed E-state index contributed by atoms with van der Waals surface area (Å²) in [6, 6.07) is 5.25. The second-order valence-corrected chi connectivity index (χ2v) is 4.80. The Labute approximate surface area is 103 Å². The van der Waals surface area contributed by atoms with E-state index in [0.717, 1.165) is 6.07 Å². The Balaban J connectivity index is 2.50. The van der Waals surface area contributed by atoms with Crippen LogP contribution >= 0.6 is 27.3 Å². The van der Waals surface area contributed by atoms with E-state index in [1.54, 1.807) is 11.4 Å². The number of halogens is 3. The number of ketones is 1. The lowest BCUT2D eigenvalue weighted by Gasteiger charge is -2.01. The van der Waals surface area contributed by atoms with Crippen LogP contribution in [0.25, 0.3) is 0 Å². The predicted molar refractivity (Wildman–Crippen MR) is 61.8 cm³/mol. The van der Waals surface area contributed by atoms with Crippen molar-refractivity contribution in [2.75, 3.05) is 0 Å². The molecule has 0 N–H and O–H groups in total. The minimum atomic E-state index is -1.10. The molecule has 0 amide bonds. The van der Waals surface area contributed by atoms with E-state index in [1.165, 1.54) is 23.5 Å². The highest BCUT2D eigenvalue weighted by Crippen LogP contribution is 2.26. The highest BCUT2D eigenvalue weighted by atomic mass is 79.9. The fourth-order valence-electron chi connectivity index (χ4n) is 1.26. The highest BCUT2D eigenvalue weighted by molar-refractivity contribution is 9.10. The van der Waals surface area contributed by atoms with Gasteiger partial charge in [0.2, 0.25) is 5.78 Å². The zero-order valence-corrected chi connectivity index (χ0v) is 10.2. The third-order valence-corrected chi connectivity index (χ3v) is 3.86. The number of hydrogen-bond acceptors (Lipinski definition) is 2. The largest absolute Gasteiger partial charge is 0.288 e. The molecule has 16 heavy (non-hydrogen) atoms. The van der Waals surface area contributed by atoms with Crippen molar-refractivity contribution in [2.24, 2.45) is 0 Å². The summed E-state index contributed by atoms with van der Waals surface area (Å²) in [5.74, 6) is -2.63. The van der Waals surface area contributed by atoms with Gasteiger partial charge in [0.25, 0.3) is 0 Å². The smallest absolute Gasteiger partial charge is 0.207 e. The molecule has 0 bridgehead atoms. The van der Waals surface area contributed by atoms with Gasteiger partial charge in [0, 0.05) is 4.47 Å². The molecule has 2 rings (SSSR count). The van der Waals surface area contributed by atoms with Crippen LogP contribution in [0, 0.1) is 11.6 Å². The Morgan fingerprint density at radius 2 is 2.00 bits per heavy atom. The summed E-state index contributed by atoms with van der Waals surface area (Å²) >= 11 is 4.36. The van der Waals surface area contributed by atoms with E-state index in [9.17, 15) is 13.6 Å². The van der Waals surface area contributed by atoms with Crippen LogP contribution in [0.4, 0.5) is 8.78 Å². The van der Waals surface area contributed by atoms with E-state index >= 15 is 0 Å². The first kappa shape index (κ1) is 11.4. The quantitative estimate of drug-likeness (QED) is 0.766. The Morgan fingerprint density at radius 3 is 2.62 bits per heavy atom. The summed E-state index contributed by atoms with van der Waals surface area (Å²) < 4.78 is 26.9. The Hall–Kier alpha value is -1.07. The van der Waals surface area contributed by atoms with Gasteiger partial charge in [-0.15, -0.1) is 11.3 Å². The molecule has 0 fully saturated rings. The number of benzene rings is 1. The van der Waals surface area contributed by atoms with Crippen LogP contribution < -0.4 is 0 Å². The molecule has 1 nitrogen and oxygen atoms in total. The standard InChI is InChI=1S/C11H5BrF2OS/c12-7-4-5-16-11(7)10(15)6-2-1-3-8(13)9(6)14/h1-5H. The lowest BCUT2D eigenvalue weighted by Crippen LogP contribution is -2.04. The van der Waals surface area contributed by atoms with Gasteiger partial charge in [-0.3, -0.25) is 4.79 Å². The SMILES string of the molecule is O=C(c1cccc(F)c1F)c1sccc1Br. The van der Waals surface area contributed by atoms with E-state index in [2.05, 4.69) is 15.9 Å². The Morgan fingerprint density at radius 1 is 1.25 bits per heavy atom. The molecule has 0 saturated heterocycles. The van der Waals surface area contributed by atoms with Gasteiger partial charge in [-0.05, 0) is 39.5 Å². The molecule has 1 heterocycles. The van der Waals surface area contributed by atoms with Gasteiger partial charge in [0.05, 0.1) is 10.4 Å². The summed E-state index contributed by atoms with van der Waals surface area (Å²) in [4.78, 5) is 12.2. The van der Waals surface area contributed by atoms with Crippen LogP contribution in [-0.2, 0) is 0 Å². The van der Waals surface area contributed by atoms with Crippen LogP contribution in [-0.4, -0.2) is 5.78 Å². The van der Waals surface area contributed by atoms with Crippen LogP contribution in [0.5, 0.6) is 0 Å². The Kier molecular flexibility index (Phi) is 3.16. The first-order valence-corrected chi connectivity index (χ1v) is 6.00.